The number of ether oxygens (including phenoxy) is 3. The lowest BCUT2D eigenvalue weighted by Crippen LogP contribution is -2.07. The number of methoxy groups -OCH3 is 2. The van der Waals surface area contributed by atoms with Gasteiger partial charge in [-0.25, -0.2) is 4.79 Å². The van der Waals surface area contributed by atoms with E-state index in [1.54, 1.807) is 31.4 Å². The van der Waals surface area contributed by atoms with Gasteiger partial charge < -0.3 is 14.2 Å². The number of benzene rings is 1. The van der Waals surface area contributed by atoms with Crippen molar-refractivity contribution in [3.05, 3.63) is 35.9 Å². The van der Waals surface area contributed by atoms with Gasteiger partial charge in [-0.3, -0.25) is 0 Å². The van der Waals surface area contributed by atoms with E-state index in [-0.39, 0.29) is 0 Å². The van der Waals surface area contributed by atoms with Crippen molar-refractivity contribution < 1.29 is 19.0 Å². The van der Waals surface area contributed by atoms with Crippen molar-refractivity contribution in [1.29, 1.82) is 0 Å². The maximum Gasteiger partial charge on any atom is 0.337 e. The summed E-state index contributed by atoms with van der Waals surface area (Å²) < 4.78 is 15.0. The molecule has 0 bridgehead atoms. The summed E-state index contributed by atoms with van der Waals surface area (Å²) in [5.41, 5.74) is 1.28. The Labute approximate surface area is 101 Å². The molecule has 4 nitrogen and oxygen atoms in total. The van der Waals surface area contributed by atoms with Crippen LogP contribution >= 0.6 is 0 Å². The smallest absolute Gasteiger partial charge is 0.337 e. The van der Waals surface area contributed by atoms with Crippen LogP contribution < -0.4 is 4.74 Å². The van der Waals surface area contributed by atoms with Crippen molar-refractivity contribution in [1.82, 2.24) is 0 Å². The maximum atomic E-state index is 11.4. The Morgan fingerprint density at radius 2 is 2.12 bits per heavy atom. The minimum Gasteiger partial charge on any atom is -0.491 e. The number of rotatable bonds is 6. The summed E-state index contributed by atoms with van der Waals surface area (Å²) in [6, 6.07) is 5.08. The second-order valence-corrected chi connectivity index (χ2v) is 3.29. The Bertz CT molecular complexity index is 398. The van der Waals surface area contributed by atoms with Gasteiger partial charge in [0.25, 0.3) is 0 Å². The number of carbonyl (C=O) groups excluding carboxylic acids is 1. The van der Waals surface area contributed by atoms with E-state index in [1.807, 2.05) is 0 Å². The van der Waals surface area contributed by atoms with Crippen LogP contribution in [0.2, 0.25) is 0 Å². The Kier molecular flexibility index (Phi) is 5.23. The molecule has 1 rings (SSSR count). The fourth-order valence-electron chi connectivity index (χ4n) is 1.31. The van der Waals surface area contributed by atoms with Gasteiger partial charge in [0.1, 0.15) is 12.4 Å². The van der Waals surface area contributed by atoms with Crippen molar-refractivity contribution in [2.75, 3.05) is 27.4 Å². The van der Waals surface area contributed by atoms with Gasteiger partial charge in [-0.1, -0.05) is 18.7 Å². The third-order valence-corrected chi connectivity index (χ3v) is 2.20. The predicted octanol–water partition coefficient (Wildman–Crippen LogP) is 2.14. The molecular formula is C13H16O4. The first-order chi connectivity index (χ1) is 8.22. The quantitative estimate of drug-likeness (QED) is 0.560. The molecule has 4 heteroatoms. The fraction of sp³-hybridized carbons (Fsp3) is 0.308. The first kappa shape index (κ1) is 13.3. The van der Waals surface area contributed by atoms with Gasteiger partial charge in [0.15, 0.2) is 0 Å². The Morgan fingerprint density at radius 3 is 2.71 bits per heavy atom. The number of hydrogen-bond acceptors (Lipinski definition) is 4. The van der Waals surface area contributed by atoms with E-state index in [9.17, 15) is 4.79 Å². The normalized spacial score (nSPS) is 9.76. The molecule has 0 aromatic heterocycles. The Hall–Kier alpha value is -1.81. The lowest BCUT2D eigenvalue weighted by Gasteiger charge is -2.10. The van der Waals surface area contributed by atoms with Crippen LogP contribution in [0.4, 0.5) is 0 Å². The summed E-state index contributed by atoms with van der Waals surface area (Å²) in [7, 11) is 2.94. The molecule has 0 atom stereocenters. The zero-order chi connectivity index (χ0) is 12.7. The first-order valence-corrected chi connectivity index (χ1v) is 5.19. The number of hydrogen-bond donors (Lipinski definition) is 0. The van der Waals surface area contributed by atoms with E-state index >= 15 is 0 Å². The zero-order valence-electron chi connectivity index (χ0n) is 10.1. The molecule has 0 amide bonds. The Balaban J connectivity index is 2.90. The minimum atomic E-state index is -0.391. The molecular weight excluding hydrogens is 220 g/mol. The van der Waals surface area contributed by atoms with Gasteiger partial charge in [0.05, 0.1) is 19.3 Å². The summed E-state index contributed by atoms with van der Waals surface area (Å²) in [4.78, 5) is 11.4. The largest absolute Gasteiger partial charge is 0.491 e. The molecule has 0 radical (unpaired) electrons. The van der Waals surface area contributed by atoms with Gasteiger partial charge in [0.2, 0.25) is 0 Å². The summed E-state index contributed by atoms with van der Waals surface area (Å²) >= 11 is 0. The molecule has 0 N–H and O–H groups in total. The van der Waals surface area contributed by atoms with Gasteiger partial charge in [-0.2, -0.15) is 0 Å². The summed E-state index contributed by atoms with van der Waals surface area (Å²) in [6.45, 7) is 4.59. The van der Waals surface area contributed by atoms with E-state index in [4.69, 9.17) is 9.47 Å². The van der Waals surface area contributed by atoms with Crippen LogP contribution in [0, 0.1) is 0 Å². The maximum absolute atomic E-state index is 11.4. The highest BCUT2D eigenvalue weighted by atomic mass is 16.5. The highest BCUT2D eigenvalue weighted by molar-refractivity contribution is 5.90. The molecule has 92 valence electrons. The van der Waals surface area contributed by atoms with Crippen LogP contribution in [0.25, 0.3) is 6.08 Å². The van der Waals surface area contributed by atoms with Crippen LogP contribution in [0.1, 0.15) is 15.9 Å². The second-order valence-electron chi connectivity index (χ2n) is 3.29. The highest BCUT2D eigenvalue weighted by Crippen LogP contribution is 2.22. The Morgan fingerprint density at radius 1 is 1.35 bits per heavy atom. The summed E-state index contributed by atoms with van der Waals surface area (Å²) in [5, 5.41) is 0. The molecule has 0 aliphatic rings. The summed E-state index contributed by atoms with van der Waals surface area (Å²) in [5.74, 6) is 0.206. The molecule has 0 fully saturated rings. The van der Waals surface area contributed by atoms with Gasteiger partial charge in [-0.05, 0) is 12.1 Å². The average Bonchev–Trinajstić information content (AvgIpc) is 2.38. The van der Waals surface area contributed by atoms with E-state index in [0.717, 1.165) is 5.56 Å². The van der Waals surface area contributed by atoms with Crippen LogP contribution in [-0.4, -0.2) is 33.4 Å². The molecule has 0 saturated carbocycles. The number of carbonyl (C=O) groups is 1. The van der Waals surface area contributed by atoms with Crippen LogP contribution in [0.15, 0.2) is 24.8 Å². The fourth-order valence-corrected chi connectivity index (χ4v) is 1.31. The SMILES string of the molecule is C=Cc1ccc(C(=O)OC)cc1OCCOC. The van der Waals surface area contributed by atoms with E-state index in [1.165, 1.54) is 7.11 Å². The third kappa shape index (κ3) is 3.60. The van der Waals surface area contributed by atoms with E-state index < -0.39 is 5.97 Å². The van der Waals surface area contributed by atoms with Gasteiger partial charge in [0, 0.05) is 12.7 Å². The molecule has 0 unspecified atom stereocenters. The molecule has 1 aromatic carbocycles. The monoisotopic (exact) mass is 236 g/mol. The lowest BCUT2D eigenvalue weighted by atomic mass is 10.1. The highest BCUT2D eigenvalue weighted by Gasteiger charge is 2.09. The van der Waals surface area contributed by atoms with E-state index in [0.29, 0.717) is 24.5 Å². The molecule has 0 aliphatic carbocycles. The van der Waals surface area contributed by atoms with Crippen LogP contribution in [0.5, 0.6) is 5.75 Å². The average molecular weight is 236 g/mol. The van der Waals surface area contributed by atoms with Crippen molar-refractivity contribution in [3.63, 3.8) is 0 Å². The van der Waals surface area contributed by atoms with E-state index in [2.05, 4.69) is 11.3 Å². The van der Waals surface area contributed by atoms with Crippen LogP contribution in [-0.2, 0) is 9.47 Å². The van der Waals surface area contributed by atoms with Crippen molar-refractivity contribution in [2.45, 2.75) is 0 Å². The molecule has 1 aromatic rings. The molecule has 0 heterocycles. The zero-order valence-corrected chi connectivity index (χ0v) is 10.1. The number of esters is 1. The van der Waals surface area contributed by atoms with Crippen molar-refractivity contribution in [2.24, 2.45) is 0 Å². The molecule has 17 heavy (non-hydrogen) atoms. The third-order valence-electron chi connectivity index (χ3n) is 2.20. The van der Waals surface area contributed by atoms with Gasteiger partial charge in [-0.15, -0.1) is 0 Å². The predicted molar refractivity (Wildman–Crippen MR) is 65.2 cm³/mol. The standard InChI is InChI=1S/C13H16O4/c1-4-10-5-6-11(13(14)16-3)9-12(10)17-8-7-15-2/h4-6,9H,1,7-8H2,2-3H3. The van der Waals surface area contributed by atoms with Gasteiger partial charge >= 0.3 is 5.97 Å². The topological polar surface area (TPSA) is 44.8 Å². The molecule has 0 aliphatic heterocycles. The second kappa shape index (κ2) is 6.70. The minimum absolute atomic E-state index is 0.391. The van der Waals surface area contributed by atoms with Crippen LogP contribution in [0.3, 0.4) is 0 Å². The van der Waals surface area contributed by atoms with Crippen molar-refractivity contribution in [3.8, 4) is 5.75 Å². The summed E-state index contributed by atoms with van der Waals surface area (Å²) in [6.07, 6.45) is 1.67. The first-order valence-electron chi connectivity index (χ1n) is 5.19. The molecule has 0 spiro atoms. The van der Waals surface area contributed by atoms with Crippen molar-refractivity contribution >= 4 is 12.0 Å². The lowest BCUT2D eigenvalue weighted by molar-refractivity contribution is 0.0600. The molecule has 0 saturated heterocycles.